The first-order valence-corrected chi connectivity index (χ1v) is 8.60. The predicted molar refractivity (Wildman–Crippen MR) is 77.6 cm³/mol. The number of sulfonamides is 1. The van der Waals surface area contributed by atoms with Crippen molar-refractivity contribution in [1.29, 1.82) is 0 Å². The minimum Gasteiger partial charge on any atom is -0.468 e. The summed E-state index contributed by atoms with van der Waals surface area (Å²) < 4.78 is 72.3. The summed E-state index contributed by atoms with van der Waals surface area (Å²) in [5.74, 6) is 0.0351. The van der Waals surface area contributed by atoms with E-state index in [1.54, 1.807) is 12.1 Å². The Morgan fingerprint density at radius 2 is 1.83 bits per heavy atom. The van der Waals surface area contributed by atoms with Crippen molar-refractivity contribution in [2.24, 2.45) is 0 Å². The smallest absolute Gasteiger partial charge is 0.468 e. The average molecular weight is 361 g/mol. The molecule has 1 aliphatic rings. The summed E-state index contributed by atoms with van der Waals surface area (Å²) in [4.78, 5) is -0.0875. The summed E-state index contributed by atoms with van der Waals surface area (Å²) >= 11 is 0. The Labute approximate surface area is 136 Å². The van der Waals surface area contributed by atoms with E-state index in [2.05, 4.69) is 4.74 Å². The first kappa shape index (κ1) is 16.8. The van der Waals surface area contributed by atoms with Gasteiger partial charge in [-0.2, -0.15) is 4.31 Å². The van der Waals surface area contributed by atoms with Crippen molar-refractivity contribution in [3.63, 3.8) is 0 Å². The molecule has 0 bridgehead atoms. The molecule has 5 nitrogen and oxygen atoms in total. The summed E-state index contributed by atoms with van der Waals surface area (Å²) in [5, 5.41) is 0. The molecule has 0 saturated heterocycles. The van der Waals surface area contributed by atoms with Gasteiger partial charge in [0, 0.05) is 6.04 Å². The van der Waals surface area contributed by atoms with E-state index < -0.39 is 22.1 Å². The maximum absolute atomic E-state index is 12.8. The maximum Gasteiger partial charge on any atom is 0.573 e. The second-order valence-electron chi connectivity index (χ2n) is 5.38. The van der Waals surface area contributed by atoms with Crippen molar-refractivity contribution in [3.8, 4) is 5.75 Å². The van der Waals surface area contributed by atoms with E-state index in [1.807, 2.05) is 0 Å². The summed E-state index contributed by atoms with van der Waals surface area (Å²) in [6.45, 7) is 0.0841. The van der Waals surface area contributed by atoms with Gasteiger partial charge in [0.2, 0.25) is 10.0 Å². The molecule has 0 amide bonds. The van der Waals surface area contributed by atoms with E-state index in [0.29, 0.717) is 5.76 Å². The lowest BCUT2D eigenvalue weighted by atomic mass is 10.3. The van der Waals surface area contributed by atoms with Gasteiger partial charge in [0.15, 0.2) is 0 Å². The van der Waals surface area contributed by atoms with Gasteiger partial charge in [-0.3, -0.25) is 0 Å². The molecule has 0 N–H and O–H groups in total. The fraction of sp³-hybridized carbons (Fsp3) is 0.333. The number of ether oxygens (including phenoxy) is 1. The molecule has 1 aromatic heterocycles. The van der Waals surface area contributed by atoms with Crippen LogP contribution in [-0.2, 0) is 16.6 Å². The van der Waals surface area contributed by atoms with Gasteiger partial charge in [-0.05, 0) is 49.2 Å². The van der Waals surface area contributed by atoms with Crippen LogP contribution in [0.1, 0.15) is 18.6 Å². The summed E-state index contributed by atoms with van der Waals surface area (Å²) in [5.41, 5.74) is 0. The highest BCUT2D eigenvalue weighted by atomic mass is 32.2. The van der Waals surface area contributed by atoms with Gasteiger partial charge in [-0.1, -0.05) is 0 Å². The molecule has 24 heavy (non-hydrogen) atoms. The first-order chi connectivity index (χ1) is 11.3. The minimum absolute atomic E-state index is 0.0841. The number of rotatable bonds is 6. The molecule has 1 aliphatic carbocycles. The Morgan fingerprint density at radius 1 is 1.17 bits per heavy atom. The number of benzene rings is 1. The lowest BCUT2D eigenvalue weighted by Gasteiger charge is -2.21. The molecule has 3 rings (SSSR count). The molecule has 1 heterocycles. The molecule has 2 aromatic rings. The molecule has 1 fully saturated rings. The Balaban J connectivity index is 1.82. The van der Waals surface area contributed by atoms with Crippen molar-refractivity contribution < 1.29 is 30.7 Å². The van der Waals surface area contributed by atoms with Gasteiger partial charge in [-0.15, -0.1) is 13.2 Å². The fourth-order valence-corrected chi connectivity index (χ4v) is 3.93. The molecule has 1 aromatic carbocycles. The molecule has 0 unspecified atom stereocenters. The van der Waals surface area contributed by atoms with Crippen LogP contribution in [0.3, 0.4) is 0 Å². The fourth-order valence-electron chi connectivity index (χ4n) is 2.28. The highest BCUT2D eigenvalue weighted by Crippen LogP contribution is 2.34. The van der Waals surface area contributed by atoms with Crippen LogP contribution in [0.25, 0.3) is 0 Å². The molecular weight excluding hydrogens is 347 g/mol. The number of hydrogen-bond donors (Lipinski definition) is 0. The Kier molecular flexibility index (Phi) is 4.31. The quantitative estimate of drug-likeness (QED) is 0.790. The van der Waals surface area contributed by atoms with E-state index >= 15 is 0 Å². The standard InChI is InChI=1S/C15H14F3NO4S/c16-15(17,18)23-12-5-7-14(8-6-12)24(20,21)19(11-3-4-11)10-13-2-1-9-22-13/h1-2,5-9,11H,3-4,10H2. The van der Waals surface area contributed by atoms with Crippen LogP contribution >= 0.6 is 0 Å². The van der Waals surface area contributed by atoms with Crippen LogP contribution in [0.15, 0.2) is 52.0 Å². The molecule has 0 spiro atoms. The Morgan fingerprint density at radius 3 is 2.33 bits per heavy atom. The van der Waals surface area contributed by atoms with Gasteiger partial charge in [0.1, 0.15) is 11.5 Å². The number of halogens is 3. The zero-order valence-electron chi connectivity index (χ0n) is 12.4. The third-order valence-electron chi connectivity index (χ3n) is 3.51. The van der Waals surface area contributed by atoms with Crippen LogP contribution in [0.2, 0.25) is 0 Å². The summed E-state index contributed by atoms with van der Waals surface area (Å²) in [6, 6.07) is 7.39. The largest absolute Gasteiger partial charge is 0.573 e. The number of furan rings is 1. The van der Waals surface area contributed by atoms with E-state index in [4.69, 9.17) is 4.42 Å². The van der Waals surface area contributed by atoms with E-state index in [1.165, 1.54) is 10.6 Å². The zero-order chi connectivity index (χ0) is 17.4. The maximum atomic E-state index is 12.8. The molecule has 0 atom stereocenters. The highest BCUT2D eigenvalue weighted by Gasteiger charge is 2.38. The average Bonchev–Trinajstić information content (AvgIpc) is 3.19. The first-order valence-electron chi connectivity index (χ1n) is 7.16. The normalized spacial score (nSPS) is 15.7. The summed E-state index contributed by atoms with van der Waals surface area (Å²) in [6.07, 6.45) is -1.87. The highest BCUT2D eigenvalue weighted by molar-refractivity contribution is 7.89. The van der Waals surface area contributed by atoms with Crippen LogP contribution in [0, 0.1) is 0 Å². The molecule has 0 aliphatic heterocycles. The molecular formula is C15H14F3NO4S. The lowest BCUT2D eigenvalue weighted by Crippen LogP contribution is -2.32. The van der Waals surface area contributed by atoms with Crippen molar-refractivity contribution in [2.75, 3.05) is 0 Å². The number of nitrogens with zero attached hydrogens (tertiary/aromatic N) is 1. The minimum atomic E-state index is -4.82. The van der Waals surface area contributed by atoms with Gasteiger partial charge in [0.05, 0.1) is 17.7 Å². The van der Waals surface area contributed by atoms with Crippen molar-refractivity contribution in [2.45, 2.75) is 36.7 Å². The Hall–Kier alpha value is -2.00. The molecule has 0 radical (unpaired) electrons. The van der Waals surface area contributed by atoms with Gasteiger partial charge in [-0.25, -0.2) is 8.42 Å². The van der Waals surface area contributed by atoms with Crippen molar-refractivity contribution >= 4 is 10.0 Å². The predicted octanol–water partition coefficient (Wildman–Crippen LogP) is 3.53. The topological polar surface area (TPSA) is 59.8 Å². The van der Waals surface area contributed by atoms with Crippen LogP contribution in [-0.4, -0.2) is 25.1 Å². The second kappa shape index (κ2) is 6.14. The van der Waals surface area contributed by atoms with E-state index in [9.17, 15) is 21.6 Å². The third-order valence-corrected chi connectivity index (χ3v) is 5.42. The summed E-state index contributed by atoms with van der Waals surface area (Å²) in [7, 11) is -3.84. The lowest BCUT2D eigenvalue weighted by molar-refractivity contribution is -0.274. The van der Waals surface area contributed by atoms with Crippen LogP contribution in [0.4, 0.5) is 13.2 Å². The SMILES string of the molecule is O=S(=O)(c1ccc(OC(F)(F)F)cc1)N(Cc1ccco1)C1CC1. The molecule has 1 saturated carbocycles. The third kappa shape index (κ3) is 3.90. The van der Waals surface area contributed by atoms with Gasteiger partial charge >= 0.3 is 6.36 Å². The molecule has 9 heteroatoms. The Bertz CT molecular complexity index is 781. The molecule has 130 valence electrons. The van der Waals surface area contributed by atoms with Crippen molar-refractivity contribution in [3.05, 3.63) is 48.4 Å². The van der Waals surface area contributed by atoms with Crippen LogP contribution < -0.4 is 4.74 Å². The number of hydrogen-bond acceptors (Lipinski definition) is 4. The second-order valence-corrected chi connectivity index (χ2v) is 7.27. The number of alkyl halides is 3. The monoisotopic (exact) mass is 361 g/mol. The van der Waals surface area contributed by atoms with Crippen molar-refractivity contribution in [1.82, 2.24) is 4.31 Å². The zero-order valence-corrected chi connectivity index (χ0v) is 13.2. The van der Waals surface area contributed by atoms with Crippen LogP contribution in [0.5, 0.6) is 5.75 Å². The van der Waals surface area contributed by atoms with E-state index in [-0.39, 0.29) is 17.5 Å². The van der Waals surface area contributed by atoms with Gasteiger partial charge < -0.3 is 9.15 Å². The van der Waals surface area contributed by atoms with E-state index in [0.717, 1.165) is 37.1 Å². The van der Waals surface area contributed by atoms with Gasteiger partial charge in [0.25, 0.3) is 0 Å².